The Labute approximate surface area is 182 Å². The van der Waals surface area contributed by atoms with E-state index in [-0.39, 0.29) is 34.3 Å². The highest BCUT2D eigenvalue weighted by Gasteiger charge is 2.34. The topological polar surface area (TPSA) is 64.3 Å². The third-order valence-corrected chi connectivity index (χ3v) is 4.68. The number of phenolic OH excluding ortho intramolecular Hbond substituents is 1. The van der Waals surface area contributed by atoms with Crippen LogP contribution in [0.3, 0.4) is 0 Å². The van der Waals surface area contributed by atoms with Crippen molar-refractivity contribution in [2.24, 2.45) is 0 Å². The van der Waals surface area contributed by atoms with E-state index in [9.17, 15) is 23.1 Å². The summed E-state index contributed by atoms with van der Waals surface area (Å²) in [6, 6.07) is 9.47. The van der Waals surface area contributed by atoms with Crippen molar-refractivity contribution in [3.8, 4) is 17.2 Å². The van der Waals surface area contributed by atoms with Gasteiger partial charge in [0.2, 0.25) is 0 Å². The van der Waals surface area contributed by atoms with E-state index in [2.05, 4.69) is 18.1 Å². The molecule has 1 heterocycles. The summed E-state index contributed by atoms with van der Waals surface area (Å²) in [7, 11) is 1.39. The largest absolute Gasteiger partial charge is 0.504 e. The van der Waals surface area contributed by atoms with Gasteiger partial charge in [-0.25, -0.2) is 4.98 Å². The molecule has 0 aliphatic carbocycles. The first kappa shape index (κ1) is 22.6. The summed E-state index contributed by atoms with van der Waals surface area (Å²) in [4.78, 5) is 17.5. The molecule has 0 aliphatic heterocycles. The molecular weight excluding hydrogens is 421 g/mol. The summed E-state index contributed by atoms with van der Waals surface area (Å²) in [6.45, 7) is 7.19. The molecule has 0 bridgehead atoms. The molecule has 1 aromatic heterocycles. The maximum atomic E-state index is 13.7. The van der Waals surface area contributed by atoms with E-state index >= 15 is 0 Å². The fourth-order valence-corrected chi connectivity index (χ4v) is 3.17. The van der Waals surface area contributed by atoms with E-state index < -0.39 is 17.3 Å². The van der Waals surface area contributed by atoms with Crippen molar-refractivity contribution in [2.75, 3.05) is 7.11 Å². The normalized spacial score (nSPS) is 11.5. The van der Waals surface area contributed by atoms with Crippen LogP contribution in [0.4, 0.5) is 13.2 Å². The van der Waals surface area contributed by atoms with Gasteiger partial charge in [0.05, 0.1) is 29.6 Å². The smallest absolute Gasteiger partial charge is 0.418 e. The molecule has 3 rings (SSSR count). The van der Waals surface area contributed by atoms with E-state index in [1.54, 1.807) is 18.2 Å². The number of aromatic hydroxyl groups is 1. The second-order valence-corrected chi connectivity index (χ2v) is 6.56. The first-order valence-electron chi connectivity index (χ1n) is 9.35. The zero-order chi connectivity index (χ0) is 23.5. The minimum absolute atomic E-state index is 0.0124. The lowest BCUT2D eigenvalue weighted by Crippen LogP contribution is -2.27. The predicted octanol–water partition coefficient (Wildman–Crippen LogP) is 5.42. The van der Waals surface area contributed by atoms with Gasteiger partial charge in [-0.15, -0.1) is 0 Å². The molecule has 2 aromatic carbocycles. The van der Waals surface area contributed by atoms with Crippen LogP contribution in [0, 0.1) is 0 Å². The highest BCUT2D eigenvalue weighted by molar-refractivity contribution is 5.74. The van der Waals surface area contributed by atoms with E-state index in [1.807, 2.05) is 0 Å². The predicted molar refractivity (Wildman–Crippen MR) is 119 cm³/mol. The molecule has 1 N–H and O–H groups in total. The number of nitrogens with zero attached hydrogens (tertiary/aromatic N) is 2. The Hall–Kier alpha value is -4.07. The van der Waals surface area contributed by atoms with Crippen molar-refractivity contribution >= 4 is 24.3 Å². The minimum atomic E-state index is -4.70. The first-order valence-corrected chi connectivity index (χ1v) is 9.35. The van der Waals surface area contributed by atoms with Gasteiger partial charge in [-0.05, 0) is 36.4 Å². The Morgan fingerprint density at radius 1 is 1.06 bits per heavy atom. The fraction of sp³-hybridized carbons (Fsp3) is 0.0833. The molecule has 0 fully saturated rings. The van der Waals surface area contributed by atoms with Crippen LogP contribution in [0.25, 0.3) is 30.0 Å². The number of rotatable bonds is 6. The number of para-hydroxylation sites is 2. The van der Waals surface area contributed by atoms with E-state index in [1.165, 1.54) is 49.6 Å². The highest BCUT2D eigenvalue weighted by Crippen LogP contribution is 2.34. The zero-order valence-corrected chi connectivity index (χ0v) is 17.1. The van der Waals surface area contributed by atoms with Gasteiger partial charge in [0.1, 0.15) is 5.82 Å². The number of aromatic nitrogens is 2. The lowest BCUT2D eigenvalue weighted by atomic mass is 10.1. The number of methoxy groups -OCH3 is 1. The molecule has 0 unspecified atom stereocenters. The van der Waals surface area contributed by atoms with Crippen LogP contribution in [-0.4, -0.2) is 21.8 Å². The van der Waals surface area contributed by atoms with Gasteiger partial charge in [0.25, 0.3) is 5.56 Å². The summed E-state index contributed by atoms with van der Waals surface area (Å²) >= 11 is 0. The highest BCUT2D eigenvalue weighted by atomic mass is 19.4. The zero-order valence-electron chi connectivity index (χ0n) is 17.1. The number of phenols is 1. The van der Waals surface area contributed by atoms with Gasteiger partial charge in [-0.3, -0.25) is 9.36 Å². The molecule has 3 aromatic rings. The number of halogens is 3. The standard InChI is InChI=1S/C24H19F3N2O3/c1-4-16-18(5-2)28-21(14-13-15-9-8-12-20(32-3)22(15)30)29(23(16)31)19-11-7-6-10-17(19)24(25,26)27/h4-14,30H,1-2H2,3H3/b14-13+. The van der Waals surface area contributed by atoms with Crippen molar-refractivity contribution < 1.29 is 23.0 Å². The van der Waals surface area contributed by atoms with Gasteiger partial charge in [-0.2, -0.15) is 13.2 Å². The molecular formula is C24H19F3N2O3. The average molecular weight is 440 g/mol. The summed E-state index contributed by atoms with van der Waals surface area (Å²) in [6.07, 6.45) is 0.600. The second kappa shape index (κ2) is 8.97. The summed E-state index contributed by atoms with van der Waals surface area (Å²) in [5, 5.41) is 10.3. The fourth-order valence-electron chi connectivity index (χ4n) is 3.17. The average Bonchev–Trinajstić information content (AvgIpc) is 2.77. The Morgan fingerprint density at radius 3 is 2.41 bits per heavy atom. The van der Waals surface area contributed by atoms with Gasteiger partial charge in [0, 0.05) is 5.56 Å². The maximum Gasteiger partial charge on any atom is 0.418 e. The Kier molecular flexibility index (Phi) is 6.34. The van der Waals surface area contributed by atoms with Crippen molar-refractivity contribution in [1.29, 1.82) is 0 Å². The molecule has 0 atom stereocenters. The molecule has 0 spiro atoms. The lowest BCUT2D eigenvalue weighted by molar-refractivity contribution is -0.137. The van der Waals surface area contributed by atoms with Crippen LogP contribution in [0.2, 0.25) is 0 Å². The third-order valence-electron chi connectivity index (χ3n) is 4.68. The summed E-state index contributed by atoms with van der Waals surface area (Å²) in [5.41, 5.74) is -1.62. The van der Waals surface area contributed by atoms with Crippen LogP contribution in [0.1, 0.15) is 28.2 Å². The summed E-state index contributed by atoms with van der Waals surface area (Å²) in [5.74, 6) is -0.0365. The quantitative estimate of drug-likeness (QED) is 0.556. The van der Waals surface area contributed by atoms with Gasteiger partial charge < -0.3 is 9.84 Å². The van der Waals surface area contributed by atoms with E-state index in [4.69, 9.17) is 4.74 Å². The number of ether oxygens (including phenoxy) is 1. The Morgan fingerprint density at radius 2 is 1.78 bits per heavy atom. The van der Waals surface area contributed by atoms with Crippen molar-refractivity contribution in [3.05, 3.63) is 94.2 Å². The van der Waals surface area contributed by atoms with Gasteiger partial charge in [-0.1, -0.05) is 43.5 Å². The monoisotopic (exact) mass is 440 g/mol. The lowest BCUT2D eigenvalue weighted by Gasteiger charge is -2.17. The van der Waals surface area contributed by atoms with Crippen LogP contribution < -0.4 is 10.3 Å². The molecule has 0 amide bonds. The molecule has 8 heteroatoms. The van der Waals surface area contributed by atoms with Crippen LogP contribution in [-0.2, 0) is 6.18 Å². The maximum absolute atomic E-state index is 13.7. The third kappa shape index (κ3) is 4.20. The number of alkyl halides is 3. The van der Waals surface area contributed by atoms with Crippen molar-refractivity contribution in [2.45, 2.75) is 6.18 Å². The van der Waals surface area contributed by atoms with E-state index in [0.29, 0.717) is 5.56 Å². The SMILES string of the molecule is C=Cc1nc(/C=C/c2cccc(OC)c2O)n(-c2ccccc2C(F)(F)F)c(=O)c1C=C. The number of benzene rings is 2. The second-order valence-electron chi connectivity index (χ2n) is 6.56. The molecule has 32 heavy (non-hydrogen) atoms. The molecule has 0 saturated carbocycles. The van der Waals surface area contributed by atoms with Crippen LogP contribution in [0.5, 0.6) is 11.5 Å². The van der Waals surface area contributed by atoms with Crippen LogP contribution in [0.15, 0.2) is 60.4 Å². The summed E-state index contributed by atoms with van der Waals surface area (Å²) < 4.78 is 47.0. The molecule has 5 nitrogen and oxygen atoms in total. The molecule has 0 saturated heterocycles. The minimum Gasteiger partial charge on any atom is -0.504 e. The molecule has 0 aliphatic rings. The number of hydrogen-bond acceptors (Lipinski definition) is 4. The first-order chi connectivity index (χ1) is 15.2. The van der Waals surface area contributed by atoms with Gasteiger partial charge >= 0.3 is 6.18 Å². The van der Waals surface area contributed by atoms with Crippen molar-refractivity contribution in [1.82, 2.24) is 9.55 Å². The molecule has 164 valence electrons. The van der Waals surface area contributed by atoms with E-state index in [0.717, 1.165) is 10.6 Å². The Balaban J connectivity index is 2.33. The number of hydrogen-bond donors (Lipinski definition) is 1. The Bertz CT molecular complexity index is 1270. The van der Waals surface area contributed by atoms with Gasteiger partial charge in [0.15, 0.2) is 11.5 Å². The van der Waals surface area contributed by atoms with Crippen molar-refractivity contribution in [3.63, 3.8) is 0 Å². The molecule has 0 radical (unpaired) electrons. The van der Waals surface area contributed by atoms with Crippen LogP contribution >= 0.6 is 0 Å².